The lowest BCUT2D eigenvalue weighted by atomic mass is 9.98. The molecule has 0 unspecified atom stereocenters. The third-order valence-electron chi connectivity index (χ3n) is 4.08. The van der Waals surface area contributed by atoms with Crippen LogP contribution in [0.2, 0.25) is 5.02 Å². The van der Waals surface area contributed by atoms with Crippen LogP contribution in [0.5, 0.6) is 0 Å². The molecule has 0 saturated heterocycles. The largest absolute Gasteiger partial charge is 1.00 e. The minimum Gasteiger partial charge on any atom is -1.00 e. The lowest BCUT2D eigenvalue weighted by Gasteiger charge is -2.12. The maximum absolute atomic E-state index is 14.4. The van der Waals surface area contributed by atoms with Crippen LogP contribution in [-0.4, -0.2) is 4.98 Å². The second-order valence-electron chi connectivity index (χ2n) is 5.68. The van der Waals surface area contributed by atoms with E-state index in [1.54, 1.807) is 60.7 Å². The van der Waals surface area contributed by atoms with Crippen molar-refractivity contribution in [1.29, 1.82) is 0 Å². The quantitative estimate of drug-likeness (QED) is 0.513. The predicted molar refractivity (Wildman–Crippen MR) is 97.5 cm³/mol. The fraction of sp³-hybridized carbons (Fsp3) is 0. The number of fused-ring (bicyclic) bond motifs is 1. The number of hydrogen-bond donors (Lipinski definition) is 0. The van der Waals surface area contributed by atoms with E-state index in [2.05, 4.69) is 4.98 Å². The van der Waals surface area contributed by atoms with Gasteiger partial charge in [-0.05, 0) is 48.0 Å². The average molecular weight is 387 g/mol. The SMILES string of the molecule is Fc1ccccc1-c1cc(-c2ccccc2F)c2cc(Cl)ccc2n1.[Cl-]. The molecule has 0 aliphatic carbocycles. The summed E-state index contributed by atoms with van der Waals surface area (Å²) in [5, 5.41) is 1.25. The third kappa shape index (κ3) is 3.28. The molecule has 1 aromatic heterocycles. The maximum Gasteiger partial charge on any atom is 0.132 e. The molecule has 4 aromatic rings. The van der Waals surface area contributed by atoms with Gasteiger partial charge < -0.3 is 12.4 Å². The second-order valence-corrected chi connectivity index (χ2v) is 6.11. The summed E-state index contributed by atoms with van der Waals surface area (Å²) in [6, 6.07) is 19.8. The highest BCUT2D eigenvalue weighted by molar-refractivity contribution is 6.31. The van der Waals surface area contributed by atoms with Crippen LogP contribution in [0.15, 0.2) is 72.8 Å². The molecular formula is C21H12Cl2F2N-. The summed E-state index contributed by atoms with van der Waals surface area (Å²) in [5.74, 6) is -0.725. The molecule has 0 aliphatic heterocycles. The summed E-state index contributed by atoms with van der Waals surface area (Å²) < 4.78 is 28.6. The summed E-state index contributed by atoms with van der Waals surface area (Å²) in [6.45, 7) is 0. The number of benzene rings is 3. The Hall–Kier alpha value is -2.49. The van der Waals surface area contributed by atoms with Crippen molar-refractivity contribution in [3.63, 3.8) is 0 Å². The standard InChI is InChI=1S/C21H12ClF2N.ClH/c22-13-9-10-20-17(11-13)16(14-5-1-3-7-18(14)23)12-21(25-20)15-6-2-4-8-19(15)24;/h1-12H;1H/p-1. The zero-order valence-electron chi connectivity index (χ0n) is 13.4. The summed E-state index contributed by atoms with van der Waals surface area (Å²) in [7, 11) is 0. The highest BCUT2D eigenvalue weighted by atomic mass is 35.5. The predicted octanol–water partition coefficient (Wildman–Crippen LogP) is 3.50. The molecule has 0 aliphatic rings. The lowest BCUT2D eigenvalue weighted by molar-refractivity contribution is -0.00000594. The molecular weight excluding hydrogens is 375 g/mol. The number of pyridine rings is 1. The van der Waals surface area contributed by atoms with Crippen molar-refractivity contribution in [2.24, 2.45) is 0 Å². The zero-order valence-corrected chi connectivity index (χ0v) is 14.9. The van der Waals surface area contributed by atoms with E-state index in [9.17, 15) is 8.78 Å². The van der Waals surface area contributed by atoms with Crippen molar-refractivity contribution < 1.29 is 21.2 Å². The molecule has 130 valence electrons. The van der Waals surface area contributed by atoms with Gasteiger partial charge in [0.1, 0.15) is 11.6 Å². The molecule has 0 atom stereocenters. The molecule has 0 radical (unpaired) electrons. The van der Waals surface area contributed by atoms with Crippen molar-refractivity contribution in [1.82, 2.24) is 4.98 Å². The molecule has 5 heteroatoms. The molecule has 0 saturated carbocycles. The molecule has 0 fully saturated rings. The Balaban J connectivity index is 0.00000196. The molecule has 1 heterocycles. The van der Waals surface area contributed by atoms with Crippen LogP contribution >= 0.6 is 11.6 Å². The number of nitrogens with zero attached hydrogens (tertiary/aromatic N) is 1. The third-order valence-corrected chi connectivity index (χ3v) is 4.32. The Morgan fingerprint density at radius 3 is 1.96 bits per heavy atom. The lowest BCUT2D eigenvalue weighted by Crippen LogP contribution is -3.00. The summed E-state index contributed by atoms with van der Waals surface area (Å²) in [6.07, 6.45) is 0. The van der Waals surface area contributed by atoms with Gasteiger partial charge in [-0.2, -0.15) is 0 Å². The summed E-state index contributed by atoms with van der Waals surface area (Å²) in [4.78, 5) is 4.54. The van der Waals surface area contributed by atoms with Crippen LogP contribution in [0.25, 0.3) is 33.3 Å². The van der Waals surface area contributed by atoms with Crippen LogP contribution < -0.4 is 12.4 Å². The van der Waals surface area contributed by atoms with E-state index in [0.717, 1.165) is 5.39 Å². The normalized spacial score (nSPS) is 10.6. The average Bonchev–Trinajstić information content (AvgIpc) is 2.62. The molecule has 0 bridgehead atoms. The highest BCUT2D eigenvalue weighted by Gasteiger charge is 2.14. The Bertz CT molecular complexity index is 1100. The molecule has 0 amide bonds. The van der Waals surface area contributed by atoms with Gasteiger partial charge in [-0.25, -0.2) is 13.8 Å². The fourth-order valence-electron chi connectivity index (χ4n) is 2.91. The van der Waals surface area contributed by atoms with E-state index >= 15 is 0 Å². The highest BCUT2D eigenvalue weighted by Crippen LogP contribution is 2.35. The van der Waals surface area contributed by atoms with E-state index in [4.69, 9.17) is 11.6 Å². The molecule has 4 rings (SSSR count). The fourth-order valence-corrected chi connectivity index (χ4v) is 3.08. The van der Waals surface area contributed by atoms with E-state index in [-0.39, 0.29) is 24.0 Å². The smallest absolute Gasteiger partial charge is 0.132 e. The van der Waals surface area contributed by atoms with E-state index in [1.807, 2.05) is 0 Å². The summed E-state index contributed by atoms with van der Waals surface area (Å²) >= 11 is 6.12. The Morgan fingerprint density at radius 1 is 0.692 bits per heavy atom. The van der Waals surface area contributed by atoms with Crippen LogP contribution in [0.3, 0.4) is 0 Å². The maximum atomic E-state index is 14.4. The molecule has 0 spiro atoms. The first kappa shape index (κ1) is 18.3. The van der Waals surface area contributed by atoms with Crippen molar-refractivity contribution in [2.45, 2.75) is 0 Å². The Labute approximate surface area is 160 Å². The number of rotatable bonds is 2. The molecule has 1 nitrogen and oxygen atoms in total. The van der Waals surface area contributed by atoms with Crippen molar-refractivity contribution in [3.05, 3.63) is 89.5 Å². The molecule has 26 heavy (non-hydrogen) atoms. The first-order valence-corrected chi connectivity index (χ1v) is 8.11. The van der Waals surface area contributed by atoms with Gasteiger partial charge in [-0.1, -0.05) is 41.9 Å². The first-order valence-electron chi connectivity index (χ1n) is 7.73. The van der Waals surface area contributed by atoms with Crippen LogP contribution in [0.4, 0.5) is 8.78 Å². The van der Waals surface area contributed by atoms with Crippen molar-refractivity contribution in [2.75, 3.05) is 0 Å². The van der Waals surface area contributed by atoms with Crippen LogP contribution in [0, 0.1) is 11.6 Å². The Morgan fingerprint density at radius 2 is 1.31 bits per heavy atom. The number of hydrogen-bond acceptors (Lipinski definition) is 1. The molecule has 3 aromatic carbocycles. The van der Waals surface area contributed by atoms with Gasteiger partial charge in [0.2, 0.25) is 0 Å². The van der Waals surface area contributed by atoms with Gasteiger partial charge in [0, 0.05) is 21.5 Å². The van der Waals surface area contributed by atoms with E-state index in [1.165, 1.54) is 12.1 Å². The van der Waals surface area contributed by atoms with Gasteiger partial charge >= 0.3 is 0 Å². The van der Waals surface area contributed by atoms with Gasteiger partial charge in [0.15, 0.2) is 0 Å². The minimum absolute atomic E-state index is 0. The zero-order chi connectivity index (χ0) is 17.4. The summed E-state index contributed by atoms with van der Waals surface area (Å²) in [5.41, 5.74) is 2.50. The first-order chi connectivity index (χ1) is 12.1. The number of halogens is 4. The molecule has 0 N–H and O–H groups in total. The minimum atomic E-state index is -0.372. The Kier molecular flexibility index (Phi) is 5.21. The van der Waals surface area contributed by atoms with Crippen molar-refractivity contribution >= 4 is 22.5 Å². The van der Waals surface area contributed by atoms with Crippen LogP contribution in [-0.2, 0) is 0 Å². The van der Waals surface area contributed by atoms with Gasteiger partial charge in [0.05, 0.1) is 11.2 Å². The van der Waals surface area contributed by atoms with Gasteiger partial charge in [-0.3, -0.25) is 0 Å². The van der Waals surface area contributed by atoms with Crippen LogP contribution in [0.1, 0.15) is 0 Å². The topological polar surface area (TPSA) is 12.9 Å². The second kappa shape index (κ2) is 7.40. The monoisotopic (exact) mass is 386 g/mol. The van der Waals surface area contributed by atoms with Gasteiger partial charge in [-0.15, -0.1) is 0 Å². The van der Waals surface area contributed by atoms with Gasteiger partial charge in [0.25, 0.3) is 0 Å². The van der Waals surface area contributed by atoms with E-state index < -0.39 is 0 Å². The van der Waals surface area contributed by atoms with E-state index in [0.29, 0.717) is 32.9 Å². The van der Waals surface area contributed by atoms with Crippen molar-refractivity contribution in [3.8, 4) is 22.4 Å². The number of aromatic nitrogens is 1.